The molecule has 2 aromatic rings. The van der Waals surface area contributed by atoms with Crippen LogP contribution >= 0.6 is 31.9 Å². The van der Waals surface area contributed by atoms with E-state index in [1.807, 2.05) is 0 Å². The summed E-state index contributed by atoms with van der Waals surface area (Å²) in [5.74, 6) is 0.444. The summed E-state index contributed by atoms with van der Waals surface area (Å²) in [6.45, 7) is 0. The van der Waals surface area contributed by atoms with Crippen molar-refractivity contribution in [1.29, 1.82) is 0 Å². The van der Waals surface area contributed by atoms with Crippen molar-refractivity contribution in [3.05, 3.63) is 21.1 Å². The molecule has 0 aliphatic heterocycles. The summed E-state index contributed by atoms with van der Waals surface area (Å²) >= 11 is 6.52. The van der Waals surface area contributed by atoms with Crippen LogP contribution in [0.2, 0.25) is 0 Å². The van der Waals surface area contributed by atoms with Gasteiger partial charge in [0.05, 0.1) is 10.0 Å². The number of halogens is 2. The van der Waals surface area contributed by atoms with E-state index >= 15 is 0 Å². The predicted octanol–water partition coefficient (Wildman–Crippen LogP) is 2.10. The summed E-state index contributed by atoms with van der Waals surface area (Å²) in [7, 11) is 0. The number of aromatic hydroxyl groups is 1. The highest BCUT2D eigenvalue weighted by Crippen LogP contribution is 2.36. The molecule has 7 heteroatoms. The van der Waals surface area contributed by atoms with Crippen molar-refractivity contribution >= 4 is 31.9 Å². The van der Waals surface area contributed by atoms with Crippen molar-refractivity contribution in [2.24, 2.45) is 0 Å². The normalized spacial score (nSPS) is 10.4. The zero-order chi connectivity index (χ0) is 10.1. The Labute approximate surface area is 95.8 Å². The fourth-order valence-electron chi connectivity index (χ4n) is 1.01. The van der Waals surface area contributed by atoms with Gasteiger partial charge >= 0.3 is 0 Å². The van der Waals surface area contributed by atoms with E-state index < -0.39 is 0 Å². The molecule has 5 nitrogen and oxygen atoms in total. The van der Waals surface area contributed by atoms with Crippen molar-refractivity contribution in [2.45, 2.75) is 0 Å². The monoisotopic (exact) mass is 318 g/mol. The van der Waals surface area contributed by atoms with Crippen LogP contribution < -0.4 is 0 Å². The molecule has 0 radical (unpaired) electrons. The quantitative estimate of drug-likeness (QED) is 0.844. The minimum atomic E-state index is 0.0922. The number of H-pyrrole nitrogens is 1. The molecule has 0 unspecified atom stereocenters. The van der Waals surface area contributed by atoms with Gasteiger partial charge in [-0.05, 0) is 33.3 Å². The molecule has 0 atom stereocenters. The maximum atomic E-state index is 9.70. The highest BCUT2D eigenvalue weighted by atomic mass is 79.9. The molecule has 14 heavy (non-hydrogen) atoms. The smallest absolute Gasteiger partial charge is 0.208 e. The van der Waals surface area contributed by atoms with Crippen LogP contribution in [0.5, 0.6) is 5.75 Å². The maximum Gasteiger partial charge on any atom is 0.208 e. The Balaban J connectivity index is 2.64. The molecule has 0 saturated carbocycles. The van der Waals surface area contributed by atoms with Gasteiger partial charge in [-0.25, -0.2) is 0 Å². The molecule has 72 valence electrons. The number of hydrogen-bond donors (Lipinski definition) is 2. The highest BCUT2D eigenvalue weighted by molar-refractivity contribution is 9.11. The summed E-state index contributed by atoms with van der Waals surface area (Å²) in [4.78, 5) is 0. The van der Waals surface area contributed by atoms with Crippen LogP contribution in [0.4, 0.5) is 0 Å². The third-order valence-electron chi connectivity index (χ3n) is 1.61. The van der Waals surface area contributed by atoms with Crippen molar-refractivity contribution in [2.75, 3.05) is 0 Å². The lowest BCUT2D eigenvalue weighted by Crippen LogP contribution is -1.84. The number of tetrazole rings is 1. The van der Waals surface area contributed by atoms with Crippen LogP contribution in [0.25, 0.3) is 11.4 Å². The molecule has 2 rings (SSSR count). The summed E-state index contributed by atoms with van der Waals surface area (Å²) in [6, 6.07) is 3.45. The number of aromatic nitrogens is 4. The Bertz CT molecular complexity index is 457. The number of rotatable bonds is 1. The SMILES string of the molecule is Oc1c(Br)cc(Br)cc1-c1nn[nH]n1. The molecule has 0 saturated heterocycles. The highest BCUT2D eigenvalue weighted by Gasteiger charge is 2.12. The minimum Gasteiger partial charge on any atom is -0.506 e. The van der Waals surface area contributed by atoms with Gasteiger partial charge < -0.3 is 5.11 Å². The molecule has 0 fully saturated rings. The first-order valence-corrected chi connectivity index (χ1v) is 5.19. The zero-order valence-electron chi connectivity index (χ0n) is 6.70. The Kier molecular flexibility index (Phi) is 2.51. The third-order valence-corrected chi connectivity index (χ3v) is 2.68. The number of benzene rings is 1. The van der Waals surface area contributed by atoms with Gasteiger partial charge in [0.25, 0.3) is 0 Å². The van der Waals surface area contributed by atoms with Crippen LogP contribution in [0.15, 0.2) is 21.1 Å². The van der Waals surface area contributed by atoms with E-state index in [2.05, 4.69) is 52.5 Å². The van der Waals surface area contributed by atoms with Crippen molar-refractivity contribution in [3.8, 4) is 17.1 Å². The maximum absolute atomic E-state index is 9.70. The largest absolute Gasteiger partial charge is 0.506 e. The Morgan fingerprint density at radius 1 is 1.29 bits per heavy atom. The number of phenols is 1. The van der Waals surface area contributed by atoms with E-state index in [0.29, 0.717) is 15.9 Å². The third kappa shape index (κ3) is 1.64. The second kappa shape index (κ2) is 3.66. The second-order valence-electron chi connectivity index (χ2n) is 2.52. The van der Waals surface area contributed by atoms with Crippen molar-refractivity contribution < 1.29 is 5.11 Å². The molecule has 0 aliphatic rings. The molecule has 0 aliphatic carbocycles. The summed E-state index contributed by atoms with van der Waals surface area (Å²) in [5, 5.41) is 23.0. The predicted molar refractivity (Wildman–Crippen MR) is 56.7 cm³/mol. The van der Waals surface area contributed by atoms with Crippen molar-refractivity contribution in [3.63, 3.8) is 0 Å². The lowest BCUT2D eigenvalue weighted by molar-refractivity contribution is 0.473. The zero-order valence-corrected chi connectivity index (χ0v) is 9.87. The van der Waals surface area contributed by atoms with Gasteiger partial charge in [0.1, 0.15) is 5.75 Å². The van der Waals surface area contributed by atoms with Crippen molar-refractivity contribution in [1.82, 2.24) is 20.6 Å². The van der Waals surface area contributed by atoms with Gasteiger partial charge in [-0.2, -0.15) is 5.21 Å². The van der Waals surface area contributed by atoms with Gasteiger partial charge in [0, 0.05) is 4.47 Å². The molecular weight excluding hydrogens is 316 g/mol. The second-order valence-corrected chi connectivity index (χ2v) is 4.29. The molecular formula is C7H4Br2N4O. The fourth-order valence-corrected chi connectivity index (χ4v) is 2.24. The molecule has 1 aromatic carbocycles. The van der Waals surface area contributed by atoms with Gasteiger partial charge in [0.15, 0.2) is 0 Å². The number of hydrogen-bond acceptors (Lipinski definition) is 4. The van der Waals surface area contributed by atoms with E-state index in [4.69, 9.17) is 0 Å². The Hall–Kier alpha value is -0.950. The summed E-state index contributed by atoms with van der Waals surface area (Å²) < 4.78 is 1.40. The lowest BCUT2D eigenvalue weighted by Gasteiger charge is -2.02. The molecule has 0 bridgehead atoms. The molecule has 1 aromatic heterocycles. The van der Waals surface area contributed by atoms with Crippen LogP contribution in [0.1, 0.15) is 0 Å². The average molecular weight is 320 g/mol. The number of nitrogens with one attached hydrogen (secondary N) is 1. The van der Waals surface area contributed by atoms with Crippen LogP contribution in [-0.2, 0) is 0 Å². The molecule has 0 amide bonds. The fraction of sp³-hybridized carbons (Fsp3) is 0. The van der Waals surface area contributed by atoms with Gasteiger partial charge in [-0.3, -0.25) is 0 Å². The average Bonchev–Trinajstić information content (AvgIpc) is 2.63. The molecule has 0 spiro atoms. The first kappa shape index (κ1) is 9.60. The lowest BCUT2D eigenvalue weighted by atomic mass is 10.2. The van der Waals surface area contributed by atoms with E-state index in [1.165, 1.54) is 0 Å². The van der Waals surface area contributed by atoms with E-state index in [0.717, 1.165) is 4.47 Å². The standard InChI is InChI=1S/C7H4Br2N4O/c8-3-1-4(6(14)5(9)2-3)7-10-12-13-11-7/h1-2,14H,(H,10,11,12,13). The van der Waals surface area contributed by atoms with Gasteiger partial charge in [0.2, 0.25) is 5.82 Å². The topological polar surface area (TPSA) is 74.7 Å². The minimum absolute atomic E-state index is 0.0922. The number of phenolic OH excluding ortho intramolecular Hbond substituents is 1. The van der Waals surface area contributed by atoms with Gasteiger partial charge in [-0.1, -0.05) is 15.9 Å². The molecule has 2 N–H and O–H groups in total. The van der Waals surface area contributed by atoms with E-state index in [1.54, 1.807) is 12.1 Å². The van der Waals surface area contributed by atoms with Crippen LogP contribution in [0.3, 0.4) is 0 Å². The van der Waals surface area contributed by atoms with Crippen LogP contribution in [-0.4, -0.2) is 25.7 Å². The first-order valence-electron chi connectivity index (χ1n) is 3.60. The number of nitrogens with zero attached hydrogens (tertiary/aromatic N) is 3. The van der Waals surface area contributed by atoms with E-state index in [9.17, 15) is 5.11 Å². The Morgan fingerprint density at radius 3 is 2.71 bits per heavy atom. The summed E-state index contributed by atoms with van der Waals surface area (Å²) in [6.07, 6.45) is 0. The van der Waals surface area contributed by atoms with Crippen LogP contribution in [0, 0.1) is 0 Å². The van der Waals surface area contributed by atoms with Gasteiger partial charge in [-0.15, -0.1) is 10.2 Å². The molecule has 1 heterocycles. The van der Waals surface area contributed by atoms with E-state index in [-0.39, 0.29) is 5.75 Å². The Morgan fingerprint density at radius 2 is 2.07 bits per heavy atom. The first-order chi connectivity index (χ1) is 6.68. The number of aromatic amines is 1. The summed E-state index contributed by atoms with van der Waals surface area (Å²) in [5.41, 5.74) is 0.514.